The Kier molecular flexibility index (Phi) is 6.89. The van der Waals surface area contributed by atoms with Gasteiger partial charge in [-0.25, -0.2) is 8.60 Å². The van der Waals surface area contributed by atoms with Gasteiger partial charge in [-0.15, -0.1) is 0 Å². The Hall–Kier alpha value is -2.00. The molecule has 2 N–H and O–H groups in total. The lowest BCUT2D eigenvalue weighted by Gasteiger charge is -2.42. The number of carbonyl (C=O) groups is 1. The van der Waals surface area contributed by atoms with Crippen molar-refractivity contribution in [3.8, 4) is 0 Å². The van der Waals surface area contributed by atoms with Gasteiger partial charge in [0.1, 0.15) is 5.82 Å². The number of rotatable bonds is 5. The smallest absolute Gasteiger partial charge is 0.259 e. The van der Waals surface area contributed by atoms with E-state index >= 15 is 0 Å². The minimum atomic E-state index is -2.15. The van der Waals surface area contributed by atoms with Crippen LogP contribution in [0.1, 0.15) is 35.8 Å². The van der Waals surface area contributed by atoms with Crippen LogP contribution >= 0.6 is 11.6 Å². The highest BCUT2D eigenvalue weighted by atomic mass is 35.5. The van der Waals surface area contributed by atoms with Gasteiger partial charge in [0.15, 0.2) is 0 Å². The van der Waals surface area contributed by atoms with Crippen molar-refractivity contribution >= 4 is 34.5 Å². The van der Waals surface area contributed by atoms with Crippen molar-refractivity contribution in [3.05, 3.63) is 64.4 Å². The average molecular weight is 440 g/mol. The third-order valence-corrected chi connectivity index (χ3v) is 5.95. The fourth-order valence-electron chi connectivity index (χ4n) is 3.62. The molecule has 2 aromatic carbocycles. The van der Waals surface area contributed by atoms with Gasteiger partial charge in [-0.1, -0.05) is 17.7 Å². The van der Waals surface area contributed by atoms with E-state index in [-0.39, 0.29) is 23.8 Å². The molecule has 0 spiro atoms. The Morgan fingerprint density at radius 1 is 1.28 bits per heavy atom. The Morgan fingerprint density at radius 3 is 2.55 bits per heavy atom. The summed E-state index contributed by atoms with van der Waals surface area (Å²) in [6.45, 7) is 5.93. The van der Waals surface area contributed by atoms with Gasteiger partial charge in [0, 0.05) is 48.0 Å². The molecular weight excluding hydrogens is 417 g/mol. The van der Waals surface area contributed by atoms with Gasteiger partial charge in [0.2, 0.25) is 0 Å². The Balaban J connectivity index is 1.66. The molecule has 2 aromatic rings. The second kappa shape index (κ2) is 9.21. The fraction of sp³-hybridized carbons (Fsp3) is 0.350. The quantitative estimate of drug-likeness (QED) is 0.692. The maximum Gasteiger partial charge on any atom is 0.259 e. The largest absolute Gasteiger partial charge is 0.333 e. The van der Waals surface area contributed by atoms with Crippen molar-refractivity contribution in [2.24, 2.45) is 0 Å². The van der Waals surface area contributed by atoms with Gasteiger partial charge >= 0.3 is 0 Å². The SMILES string of the molecule is CC(c1ccc(F)cc1Cl)N1CCN(C(=O)c2ccc(NS(=O)O)cc2)[C@H](C)C1. The molecule has 0 aliphatic carbocycles. The molecule has 0 bridgehead atoms. The zero-order chi connectivity index (χ0) is 21.1. The van der Waals surface area contributed by atoms with Crippen LogP contribution in [0.25, 0.3) is 0 Å². The zero-order valence-electron chi connectivity index (χ0n) is 16.1. The highest BCUT2D eigenvalue weighted by Gasteiger charge is 2.31. The number of piperazine rings is 1. The first-order valence-electron chi connectivity index (χ1n) is 9.24. The van der Waals surface area contributed by atoms with Crippen LogP contribution in [0.3, 0.4) is 0 Å². The fourth-order valence-corrected chi connectivity index (χ4v) is 4.29. The maximum atomic E-state index is 13.3. The van der Waals surface area contributed by atoms with E-state index in [0.29, 0.717) is 35.9 Å². The molecule has 3 rings (SSSR count). The van der Waals surface area contributed by atoms with Crippen LogP contribution in [0.5, 0.6) is 0 Å². The third-order valence-electron chi connectivity index (χ3n) is 5.22. The highest BCUT2D eigenvalue weighted by molar-refractivity contribution is 7.80. The molecule has 1 saturated heterocycles. The van der Waals surface area contributed by atoms with E-state index in [1.807, 2.05) is 18.7 Å². The summed E-state index contributed by atoms with van der Waals surface area (Å²) in [6.07, 6.45) is 0. The molecule has 1 aliphatic rings. The van der Waals surface area contributed by atoms with Crippen molar-refractivity contribution in [2.45, 2.75) is 25.9 Å². The average Bonchev–Trinajstić information content (AvgIpc) is 2.67. The van der Waals surface area contributed by atoms with Crippen LogP contribution in [0.2, 0.25) is 5.02 Å². The standard InChI is InChI=1S/C20H23ClFN3O3S/c1-13-12-24(14(2)18-8-5-16(22)11-19(18)21)9-10-25(13)20(26)15-3-6-17(7-4-15)23-29(27)28/h3-8,11,13-14,23H,9-10,12H2,1-2H3,(H,27,28)/t13-,14?/m1/s1. The van der Waals surface area contributed by atoms with Crippen molar-refractivity contribution in [2.75, 3.05) is 24.4 Å². The van der Waals surface area contributed by atoms with Crippen molar-refractivity contribution in [1.29, 1.82) is 0 Å². The van der Waals surface area contributed by atoms with Gasteiger partial charge < -0.3 is 4.90 Å². The van der Waals surface area contributed by atoms with Gasteiger partial charge in [0.05, 0.1) is 0 Å². The predicted molar refractivity (Wildman–Crippen MR) is 113 cm³/mol. The number of benzene rings is 2. The maximum absolute atomic E-state index is 13.3. The monoisotopic (exact) mass is 439 g/mol. The highest BCUT2D eigenvalue weighted by Crippen LogP contribution is 2.30. The summed E-state index contributed by atoms with van der Waals surface area (Å²) in [5, 5.41) is 0.404. The second-order valence-electron chi connectivity index (χ2n) is 7.11. The molecule has 0 aromatic heterocycles. The van der Waals surface area contributed by atoms with E-state index in [4.69, 9.17) is 16.2 Å². The summed E-state index contributed by atoms with van der Waals surface area (Å²) >= 11 is 4.06. The molecule has 6 nitrogen and oxygen atoms in total. The summed E-state index contributed by atoms with van der Waals surface area (Å²) in [5.41, 5.74) is 1.85. The van der Waals surface area contributed by atoms with Crippen LogP contribution in [-0.4, -0.2) is 50.1 Å². The van der Waals surface area contributed by atoms with Crippen LogP contribution < -0.4 is 4.72 Å². The Bertz CT molecular complexity index is 912. The topological polar surface area (TPSA) is 72.9 Å². The lowest BCUT2D eigenvalue weighted by Crippen LogP contribution is -2.54. The van der Waals surface area contributed by atoms with Crippen molar-refractivity contribution in [1.82, 2.24) is 9.80 Å². The summed E-state index contributed by atoms with van der Waals surface area (Å²) < 4.78 is 35.3. The molecule has 3 atom stereocenters. The number of carbonyl (C=O) groups excluding carboxylic acids is 1. The number of halogens is 2. The molecule has 0 saturated carbocycles. The van der Waals surface area contributed by atoms with Crippen LogP contribution in [0, 0.1) is 5.82 Å². The molecule has 1 fully saturated rings. The summed E-state index contributed by atoms with van der Waals surface area (Å²) in [7, 11) is 0. The Labute approximate surface area is 177 Å². The summed E-state index contributed by atoms with van der Waals surface area (Å²) in [4.78, 5) is 17.0. The molecule has 1 aliphatic heterocycles. The molecule has 29 heavy (non-hydrogen) atoms. The lowest BCUT2D eigenvalue weighted by atomic mass is 10.0. The van der Waals surface area contributed by atoms with E-state index in [1.165, 1.54) is 12.1 Å². The number of anilines is 1. The Morgan fingerprint density at radius 2 is 1.97 bits per heavy atom. The zero-order valence-corrected chi connectivity index (χ0v) is 17.7. The molecule has 1 heterocycles. The van der Waals surface area contributed by atoms with E-state index in [9.17, 15) is 13.4 Å². The van der Waals surface area contributed by atoms with Crippen LogP contribution in [-0.2, 0) is 11.3 Å². The number of hydrogen-bond acceptors (Lipinski definition) is 3. The van der Waals surface area contributed by atoms with Gasteiger partial charge in [-0.3, -0.25) is 19.0 Å². The van der Waals surface area contributed by atoms with E-state index < -0.39 is 11.3 Å². The van der Waals surface area contributed by atoms with E-state index in [0.717, 1.165) is 5.56 Å². The van der Waals surface area contributed by atoms with Gasteiger partial charge in [-0.05, 0) is 55.8 Å². The second-order valence-corrected chi connectivity index (χ2v) is 8.22. The first kappa shape index (κ1) is 21.7. The van der Waals surface area contributed by atoms with Crippen molar-refractivity contribution in [3.63, 3.8) is 0 Å². The van der Waals surface area contributed by atoms with Gasteiger partial charge in [-0.2, -0.15) is 0 Å². The lowest BCUT2D eigenvalue weighted by molar-refractivity contribution is 0.0406. The van der Waals surface area contributed by atoms with Crippen LogP contribution in [0.15, 0.2) is 42.5 Å². The number of nitrogens with zero attached hydrogens (tertiary/aromatic N) is 2. The first-order chi connectivity index (χ1) is 13.8. The number of hydrogen-bond donors (Lipinski definition) is 2. The summed E-state index contributed by atoms with van der Waals surface area (Å²) in [5.74, 6) is -0.442. The molecule has 0 radical (unpaired) electrons. The first-order valence-corrected chi connectivity index (χ1v) is 10.7. The van der Waals surface area contributed by atoms with E-state index in [2.05, 4.69) is 9.62 Å². The number of amides is 1. The van der Waals surface area contributed by atoms with Gasteiger partial charge in [0.25, 0.3) is 17.2 Å². The predicted octanol–water partition coefficient (Wildman–Crippen LogP) is 3.94. The minimum Gasteiger partial charge on any atom is -0.333 e. The molecular formula is C20H23ClFN3O3S. The number of nitrogens with one attached hydrogen (secondary N) is 1. The van der Waals surface area contributed by atoms with Crippen LogP contribution in [0.4, 0.5) is 10.1 Å². The third kappa shape index (κ3) is 5.14. The molecule has 9 heteroatoms. The van der Waals surface area contributed by atoms with E-state index in [1.54, 1.807) is 30.3 Å². The summed E-state index contributed by atoms with van der Waals surface area (Å²) in [6, 6.07) is 10.9. The minimum absolute atomic E-state index is 0.00696. The van der Waals surface area contributed by atoms with Crippen molar-refractivity contribution < 1.29 is 17.9 Å². The molecule has 1 amide bonds. The normalized spacial score (nSPS) is 19.6. The molecule has 156 valence electrons. The molecule has 2 unspecified atom stereocenters.